The molecule has 3 rings (SSSR count). The first-order chi connectivity index (χ1) is 14.7. The van der Waals surface area contributed by atoms with Crippen molar-refractivity contribution >= 4 is 16.3 Å². The van der Waals surface area contributed by atoms with Crippen LogP contribution >= 0.6 is 0 Å². The molecule has 0 bridgehead atoms. The first-order valence-electron chi connectivity index (χ1n) is 9.13. The van der Waals surface area contributed by atoms with E-state index < -0.39 is 53.6 Å². The molecule has 2 aromatic rings. The molecule has 1 aromatic heterocycles. The summed E-state index contributed by atoms with van der Waals surface area (Å²) < 4.78 is 48.2. The second kappa shape index (κ2) is 9.78. The highest BCUT2D eigenvalue weighted by Crippen LogP contribution is 2.26. The van der Waals surface area contributed by atoms with E-state index in [1.165, 1.54) is 11.6 Å². The van der Waals surface area contributed by atoms with Crippen molar-refractivity contribution in [3.63, 3.8) is 0 Å². The van der Waals surface area contributed by atoms with Crippen LogP contribution in [0.15, 0.2) is 36.5 Å². The van der Waals surface area contributed by atoms with E-state index in [1.807, 2.05) is 30.3 Å². The standard InChI is InChI=1S/C17H22N4O9S/c1-10(23)18-14-15(24)16(30-31(25,26)27)13(8-22)29-17(14)28-9-11-7-21(20-19-11)12-5-3-2-4-6-12/h2-7,13-17,22,24H,8-9H2,1H3,(H,18,23)(H,25,26,27)/t13-,14-,15-,16+,17-/m1/s1. The third-order valence-corrected chi connectivity index (χ3v) is 4.88. The number of para-hydroxylation sites is 1. The monoisotopic (exact) mass is 458 g/mol. The fraction of sp³-hybridized carbons (Fsp3) is 0.471. The zero-order valence-electron chi connectivity index (χ0n) is 16.3. The molecule has 5 atom stereocenters. The molecule has 14 heteroatoms. The van der Waals surface area contributed by atoms with Crippen LogP contribution < -0.4 is 5.32 Å². The number of rotatable bonds is 8. The van der Waals surface area contributed by atoms with Crippen LogP contribution in [-0.2, 0) is 35.5 Å². The lowest BCUT2D eigenvalue weighted by molar-refractivity contribution is -0.269. The fourth-order valence-electron chi connectivity index (χ4n) is 3.10. The summed E-state index contributed by atoms with van der Waals surface area (Å²) in [6.45, 7) is 0.280. The number of amides is 1. The van der Waals surface area contributed by atoms with Gasteiger partial charge in [0.1, 0.15) is 30.0 Å². The van der Waals surface area contributed by atoms with Gasteiger partial charge < -0.3 is 25.0 Å². The number of benzene rings is 1. The van der Waals surface area contributed by atoms with E-state index in [0.29, 0.717) is 5.69 Å². The molecule has 1 saturated heterocycles. The van der Waals surface area contributed by atoms with Gasteiger partial charge >= 0.3 is 10.4 Å². The number of ether oxygens (including phenoxy) is 2. The van der Waals surface area contributed by atoms with Crippen molar-refractivity contribution in [3.05, 3.63) is 42.2 Å². The number of aliphatic hydroxyl groups excluding tert-OH is 2. The van der Waals surface area contributed by atoms with E-state index in [4.69, 9.17) is 14.0 Å². The van der Waals surface area contributed by atoms with Gasteiger partial charge in [0.2, 0.25) is 5.91 Å². The molecule has 31 heavy (non-hydrogen) atoms. The van der Waals surface area contributed by atoms with E-state index in [0.717, 1.165) is 5.69 Å². The summed E-state index contributed by atoms with van der Waals surface area (Å²) >= 11 is 0. The average molecular weight is 458 g/mol. The number of aromatic nitrogens is 3. The summed E-state index contributed by atoms with van der Waals surface area (Å²) in [6.07, 6.45) is -4.43. The maximum atomic E-state index is 11.6. The number of nitrogens with one attached hydrogen (secondary N) is 1. The molecule has 0 spiro atoms. The lowest BCUT2D eigenvalue weighted by Gasteiger charge is -2.43. The van der Waals surface area contributed by atoms with Gasteiger partial charge in [-0.15, -0.1) is 5.10 Å². The molecule has 1 aliphatic heterocycles. The summed E-state index contributed by atoms with van der Waals surface area (Å²) in [4.78, 5) is 11.6. The Kier molecular flexibility index (Phi) is 7.32. The van der Waals surface area contributed by atoms with Gasteiger partial charge in [-0.25, -0.2) is 8.86 Å². The molecule has 4 N–H and O–H groups in total. The Hall–Kier alpha value is -2.46. The molecule has 0 saturated carbocycles. The Morgan fingerprint density at radius 3 is 2.65 bits per heavy atom. The van der Waals surface area contributed by atoms with Crippen LogP contribution in [-0.4, -0.2) is 81.3 Å². The van der Waals surface area contributed by atoms with Gasteiger partial charge in [0.15, 0.2) is 6.29 Å². The Morgan fingerprint density at radius 1 is 1.32 bits per heavy atom. The smallest absolute Gasteiger partial charge is 0.394 e. The highest BCUT2D eigenvalue weighted by atomic mass is 32.3. The molecule has 2 heterocycles. The van der Waals surface area contributed by atoms with Crippen LogP contribution in [0.3, 0.4) is 0 Å². The van der Waals surface area contributed by atoms with Crippen molar-refractivity contribution in [3.8, 4) is 5.69 Å². The van der Waals surface area contributed by atoms with Crippen LogP contribution in [0.2, 0.25) is 0 Å². The predicted molar refractivity (Wildman–Crippen MR) is 102 cm³/mol. The molecule has 170 valence electrons. The molecule has 13 nitrogen and oxygen atoms in total. The van der Waals surface area contributed by atoms with Gasteiger partial charge in [0, 0.05) is 6.92 Å². The van der Waals surface area contributed by atoms with Crippen LogP contribution in [0.25, 0.3) is 5.69 Å². The first-order valence-corrected chi connectivity index (χ1v) is 10.5. The number of hydrogen-bond donors (Lipinski definition) is 4. The molecule has 0 radical (unpaired) electrons. The quantitative estimate of drug-likeness (QED) is 0.340. The fourth-order valence-corrected chi connectivity index (χ4v) is 3.61. The van der Waals surface area contributed by atoms with Crippen LogP contribution in [0.5, 0.6) is 0 Å². The minimum absolute atomic E-state index is 0.137. The third-order valence-electron chi connectivity index (χ3n) is 4.41. The van der Waals surface area contributed by atoms with Crippen molar-refractivity contribution in [1.82, 2.24) is 20.3 Å². The summed E-state index contributed by atoms with van der Waals surface area (Å²) in [5, 5.41) is 30.4. The lowest BCUT2D eigenvalue weighted by Crippen LogP contribution is -2.65. The van der Waals surface area contributed by atoms with Crippen molar-refractivity contribution in [1.29, 1.82) is 0 Å². The molecule has 1 fully saturated rings. The van der Waals surface area contributed by atoms with E-state index in [9.17, 15) is 23.4 Å². The Balaban J connectivity index is 1.74. The Morgan fingerprint density at radius 2 is 2.03 bits per heavy atom. The van der Waals surface area contributed by atoms with Crippen LogP contribution in [0, 0.1) is 0 Å². The Bertz CT molecular complexity index is 984. The average Bonchev–Trinajstić information content (AvgIpc) is 3.19. The second-order valence-corrected chi connectivity index (χ2v) is 7.78. The topological polar surface area (TPSA) is 182 Å². The molecule has 0 aliphatic carbocycles. The largest absolute Gasteiger partial charge is 0.397 e. The maximum Gasteiger partial charge on any atom is 0.397 e. The number of aliphatic hydroxyl groups is 2. The van der Waals surface area contributed by atoms with E-state index in [-0.39, 0.29) is 6.61 Å². The number of nitrogens with zero attached hydrogens (tertiary/aromatic N) is 3. The van der Waals surface area contributed by atoms with Gasteiger partial charge in [0.25, 0.3) is 0 Å². The summed E-state index contributed by atoms with van der Waals surface area (Å²) in [5.41, 5.74) is 1.17. The highest BCUT2D eigenvalue weighted by Gasteiger charge is 2.48. The van der Waals surface area contributed by atoms with E-state index in [2.05, 4.69) is 19.8 Å². The summed E-state index contributed by atoms with van der Waals surface area (Å²) in [5.74, 6) is -0.565. The number of carbonyl (C=O) groups is 1. The van der Waals surface area contributed by atoms with Gasteiger partial charge in [-0.05, 0) is 12.1 Å². The van der Waals surface area contributed by atoms with Crippen LogP contribution in [0.1, 0.15) is 12.6 Å². The van der Waals surface area contributed by atoms with E-state index in [1.54, 1.807) is 6.20 Å². The van der Waals surface area contributed by atoms with Crippen molar-refractivity contribution in [2.24, 2.45) is 0 Å². The van der Waals surface area contributed by atoms with E-state index >= 15 is 0 Å². The number of carbonyl (C=O) groups excluding carboxylic acids is 1. The van der Waals surface area contributed by atoms with Gasteiger partial charge in [0.05, 0.1) is 25.1 Å². The minimum atomic E-state index is -4.97. The molecular weight excluding hydrogens is 436 g/mol. The first kappa shape index (κ1) is 23.2. The van der Waals surface area contributed by atoms with Crippen molar-refractivity contribution < 1.29 is 41.6 Å². The predicted octanol–water partition coefficient (Wildman–Crippen LogP) is -1.45. The number of hydrogen-bond acceptors (Lipinski definition) is 10. The third kappa shape index (κ3) is 6.04. The Labute approximate surface area is 177 Å². The van der Waals surface area contributed by atoms with Crippen LogP contribution in [0.4, 0.5) is 0 Å². The SMILES string of the molecule is CC(=O)N[C@H]1[C@H](OCc2cn(-c3ccccc3)nn2)O[C@H](CO)[C@H](OS(=O)(=O)O)[C@@H]1O. The molecule has 1 aromatic carbocycles. The van der Waals surface area contributed by atoms with Crippen molar-refractivity contribution in [2.75, 3.05) is 6.61 Å². The van der Waals surface area contributed by atoms with Gasteiger partial charge in [-0.1, -0.05) is 23.4 Å². The second-order valence-electron chi connectivity index (χ2n) is 6.73. The maximum absolute atomic E-state index is 11.6. The van der Waals surface area contributed by atoms with Gasteiger partial charge in [-0.2, -0.15) is 8.42 Å². The highest BCUT2D eigenvalue weighted by molar-refractivity contribution is 7.80. The van der Waals surface area contributed by atoms with Crippen molar-refractivity contribution in [2.45, 2.75) is 44.2 Å². The molecule has 1 aliphatic rings. The normalized spacial score (nSPS) is 26.5. The lowest BCUT2D eigenvalue weighted by atomic mass is 9.97. The minimum Gasteiger partial charge on any atom is -0.394 e. The molecule has 0 unspecified atom stereocenters. The molecular formula is C17H22N4O9S. The zero-order valence-corrected chi connectivity index (χ0v) is 17.1. The molecule has 1 amide bonds. The zero-order chi connectivity index (χ0) is 22.6. The summed E-state index contributed by atoms with van der Waals surface area (Å²) in [6, 6.07) is 7.92. The van der Waals surface area contributed by atoms with Gasteiger partial charge in [-0.3, -0.25) is 9.35 Å². The summed E-state index contributed by atoms with van der Waals surface area (Å²) in [7, 11) is -4.97.